The van der Waals surface area contributed by atoms with Crippen molar-refractivity contribution < 1.29 is 32.4 Å². The second kappa shape index (κ2) is 10.1. The number of ether oxygens (including phenoxy) is 2. The Morgan fingerprint density at radius 3 is 2.42 bits per heavy atom. The van der Waals surface area contributed by atoms with Gasteiger partial charge in [0.05, 0.1) is 9.83 Å². The number of esters is 1. The number of aliphatic imine (C=N–C) groups is 1. The largest absolute Gasteiger partial charge is 0.487 e. The zero-order chi connectivity index (χ0) is 26.0. The number of β-lactam (4-membered cyclic amide) rings is 1. The number of carbonyl (C=O) groups is 2. The van der Waals surface area contributed by atoms with Crippen LogP contribution in [-0.4, -0.2) is 59.4 Å². The first-order chi connectivity index (χ1) is 17.1. The highest BCUT2D eigenvalue weighted by molar-refractivity contribution is 8.15. The second-order valence-corrected chi connectivity index (χ2v) is 11.3. The highest BCUT2D eigenvalue weighted by Crippen LogP contribution is 2.42. The summed E-state index contributed by atoms with van der Waals surface area (Å²) in [5, 5.41) is 10.7. The normalized spacial score (nSPS) is 19.6. The van der Waals surface area contributed by atoms with Crippen molar-refractivity contribution in [1.82, 2.24) is 4.90 Å². The highest BCUT2D eigenvalue weighted by Gasteiger charge is 2.55. The number of hydrogen-bond donors (Lipinski definition) is 0. The Hall–Kier alpha value is -3.71. The lowest BCUT2D eigenvalue weighted by Gasteiger charge is -2.41. The van der Waals surface area contributed by atoms with Crippen molar-refractivity contribution in [3.8, 4) is 5.75 Å². The molecule has 0 aliphatic carbocycles. The molecule has 1 saturated heterocycles. The topological polar surface area (TPSA) is 145 Å². The number of fused-ring (bicyclic) bond motifs is 1. The van der Waals surface area contributed by atoms with Gasteiger partial charge in [-0.15, -0.1) is 0 Å². The van der Waals surface area contributed by atoms with E-state index in [1.165, 1.54) is 43.0 Å². The van der Waals surface area contributed by atoms with Crippen LogP contribution in [0, 0.1) is 10.1 Å². The van der Waals surface area contributed by atoms with Gasteiger partial charge in [0.1, 0.15) is 35.1 Å². The fourth-order valence-corrected chi connectivity index (χ4v) is 5.23. The van der Waals surface area contributed by atoms with E-state index in [2.05, 4.69) is 4.99 Å². The molecule has 0 radical (unpaired) electrons. The number of thioether (sulfide) groups is 1. The van der Waals surface area contributed by atoms with Crippen molar-refractivity contribution in [2.45, 2.75) is 24.9 Å². The predicted molar refractivity (Wildman–Crippen MR) is 132 cm³/mol. The summed E-state index contributed by atoms with van der Waals surface area (Å²) < 4.78 is 35.6. The smallest absolute Gasteiger partial charge is 0.356 e. The van der Waals surface area contributed by atoms with Crippen LogP contribution in [0.1, 0.15) is 12.5 Å². The molecule has 188 valence electrons. The first kappa shape index (κ1) is 25.4. The van der Waals surface area contributed by atoms with Gasteiger partial charge in [-0.25, -0.2) is 13.2 Å². The maximum absolute atomic E-state index is 13.0. The molecule has 36 heavy (non-hydrogen) atoms. The number of hydrogen-bond acceptors (Lipinski definition) is 10. The summed E-state index contributed by atoms with van der Waals surface area (Å²) in [6.45, 7) is 1.09. The van der Waals surface area contributed by atoms with Crippen LogP contribution in [0.2, 0.25) is 0 Å². The van der Waals surface area contributed by atoms with Gasteiger partial charge in [0.2, 0.25) is 0 Å². The van der Waals surface area contributed by atoms with Crippen molar-refractivity contribution in [3.05, 3.63) is 80.9 Å². The minimum absolute atomic E-state index is 0.123. The third-order valence-electron chi connectivity index (χ3n) is 5.50. The van der Waals surface area contributed by atoms with Crippen molar-refractivity contribution in [3.63, 3.8) is 0 Å². The maximum Gasteiger partial charge on any atom is 0.356 e. The minimum atomic E-state index is -3.84. The second-order valence-electron chi connectivity index (χ2n) is 7.96. The fourth-order valence-electron chi connectivity index (χ4n) is 3.50. The Balaban J connectivity index is 1.48. The third-order valence-corrected chi connectivity index (χ3v) is 8.01. The number of carbonyl (C=O) groups excluding carboxylic acids is 2. The highest BCUT2D eigenvalue weighted by atomic mass is 32.2. The number of amides is 1. The molecule has 1 amide bonds. The quantitative estimate of drug-likeness (QED) is 0.157. The summed E-state index contributed by atoms with van der Waals surface area (Å²) in [4.78, 5) is 41.3. The molecule has 13 heteroatoms. The summed E-state index contributed by atoms with van der Waals surface area (Å²) in [5.41, 5.74) is -0.0447. The van der Waals surface area contributed by atoms with Crippen LogP contribution in [-0.2, 0) is 30.8 Å². The molecule has 4 rings (SSSR count). The summed E-state index contributed by atoms with van der Waals surface area (Å²) >= 11 is 1.21. The van der Waals surface area contributed by atoms with E-state index in [-0.39, 0.29) is 29.5 Å². The monoisotopic (exact) mass is 531 g/mol. The Labute approximate surface area is 210 Å². The van der Waals surface area contributed by atoms with Crippen molar-refractivity contribution in [2.75, 3.05) is 12.9 Å². The number of allylic oxidation sites excluding steroid dienone is 1. The number of non-ortho nitro benzene ring substituents is 1. The molecule has 2 atom stereocenters. The molecule has 2 aliphatic heterocycles. The SMILES string of the molecule is CC(=C(C(=O)OCc1ccc([N+](=O)[O-])cc1)N1C(=O)C2N=C(COc3ccccc3)SC21)S(C)(=O)=O. The van der Waals surface area contributed by atoms with E-state index in [0.717, 1.165) is 11.2 Å². The van der Waals surface area contributed by atoms with Gasteiger partial charge in [0.15, 0.2) is 15.9 Å². The van der Waals surface area contributed by atoms with Gasteiger partial charge >= 0.3 is 5.97 Å². The molecular weight excluding hydrogens is 510 g/mol. The molecule has 0 bridgehead atoms. The lowest BCUT2D eigenvalue weighted by Crippen LogP contribution is -2.61. The Morgan fingerprint density at radius 1 is 1.14 bits per heavy atom. The number of likely N-dealkylation sites (tertiary alicyclic amines) is 1. The third kappa shape index (κ3) is 5.26. The number of para-hydroxylation sites is 1. The predicted octanol–water partition coefficient (Wildman–Crippen LogP) is 2.68. The summed E-state index contributed by atoms with van der Waals surface area (Å²) in [6.07, 6.45) is 0.936. The van der Waals surface area contributed by atoms with E-state index in [1.54, 1.807) is 12.1 Å². The zero-order valence-corrected chi connectivity index (χ0v) is 20.8. The van der Waals surface area contributed by atoms with Gasteiger partial charge in [-0.1, -0.05) is 30.0 Å². The summed E-state index contributed by atoms with van der Waals surface area (Å²) in [5.74, 6) is -0.892. The summed E-state index contributed by atoms with van der Waals surface area (Å²) in [6, 6.07) is 13.7. The fraction of sp³-hybridized carbons (Fsp3) is 0.261. The molecule has 2 aromatic carbocycles. The molecule has 2 unspecified atom stereocenters. The maximum atomic E-state index is 13.0. The number of benzene rings is 2. The molecule has 11 nitrogen and oxygen atoms in total. The van der Waals surface area contributed by atoms with Gasteiger partial charge < -0.3 is 9.47 Å². The van der Waals surface area contributed by atoms with E-state index in [0.29, 0.717) is 16.4 Å². The Morgan fingerprint density at radius 2 is 1.81 bits per heavy atom. The van der Waals surface area contributed by atoms with Crippen LogP contribution in [0.25, 0.3) is 0 Å². The Kier molecular flexibility index (Phi) is 7.13. The lowest BCUT2D eigenvalue weighted by molar-refractivity contribution is -0.384. The van der Waals surface area contributed by atoms with E-state index < -0.39 is 38.1 Å². The standard InChI is InChI=1S/C23H21N3O8S2/c1-14(36(2,31)32)20(23(28)34-12-15-8-10-16(11-9-15)26(29)30)25-21(27)19-22(25)35-18(24-19)13-33-17-6-4-3-5-7-17/h3-11,19,22H,12-13H2,1-2H3. The van der Waals surface area contributed by atoms with Crippen molar-refractivity contribution >= 4 is 44.2 Å². The van der Waals surface area contributed by atoms with Crippen LogP contribution in [0.3, 0.4) is 0 Å². The number of sulfone groups is 1. The van der Waals surface area contributed by atoms with E-state index in [1.807, 2.05) is 18.2 Å². The molecule has 2 aliphatic rings. The number of rotatable bonds is 9. The molecule has 0 spiro atoms. The van der Waals surface area contributed by atoms with Crippen molar-refractivity contribution in [1.29, 1.82) is 0 Å². The molecule has 1 fully saturated rings. The molecule has 0 N–H and O–H groups in total. The number of nitro benzene ring substituents is 1. The first-order valence-electron chi connectivity index (χ1n) is 10.6. The molecular formula is C23H21N3O8S2. The van der Waals surface area contributed by atoms with Crippen LogP contribution >= 0.6 is 11.8 Å². The average molecular weight is 532 g/mol. The number of nitrogens with zero attached hydrogens (tertiary/aromatic N) is 3. The lowest BCUT2D eigenvalue weighted by atomic mass is 10.1. The molecule has 0 aromatic heterocycles. The number of nitro groups is 1. The van der Waals surface area contributed by atoms with E-state index in [9.17, 15) is 28.1 Å². The van der Waals surface area contributed by atoms with Crippen LogP contribution in [0.5, 0.6) is 5.75 Å². The van der Waals surface area contributed by atoms with Crippen LogP contribution in [0.4, 0.5) is 5.69 Å². The van der Waals surface area contributed by atoms with Gasteiger partial charge in [-0.05, 0) is 36.8 Å². The van der Waals surface area contributed by atoms with Gasteiger partial charge in [-0.3, -0.25) is 24.8 Å². The summed E-state index contributed by atoms with van der Waals surface area (Å²) in [7, 11) is -3.84. The van der Waals surface area contributed by atoms with Gasteiger partial charge in [-0.2, -0.15) is 0 Å². The van der Waals surface area contributed by atoms with E-state index in [4.69, 9.17) is 9.47 Å². The Bertz CT molecular complexity index is 1370. The zero-order valence-electron chi connectivity index (χ0n) is 19.2. The van der Waals surface area contributed by atoms with Crippen LogP contribution < -0.4 is 4.74 Å². The van der Waals surface area contributed by atoms with Crippen LogP contribution in [0.15, 0.2) is 70.2 Å². The molecule has 0 saturated carbocycles. The van der Waals surface area contributed by atoms with Gasteiger partial charge in [0.25, 0.3) is 11.6 Å². The first-order valence-corrected chi connectivity index (χ1v) is 13.4. The minimum Gasteiger partial charge on any atom is -0.487 e. The van der Waals surface area contributed by atoms with Crippen molar-refractivity contribution in [2.24, 2.45) is 4.99 Å². The van der Waals surface area contributed by atoms with E-state index >= 15 is 0 Å². The molecule has 2 heterocycles. The molecule has 2 aromatic rings. The average Bonchev–Trinajstić information content (AvgIpc) is 3.23. The van der Waals surface area contributed by atoms with Gasteiger partial charge in [0, 0.05) is 18.4 Å².